The van der Waals surface area contributed by atoms with Crippen molar-refractivity contribution in [3.63, 3.8) is 0 Å². The van der Waals surface area contributed by atoms with Crippen LogP contribution in [0.1, 0.15) is 10.4 Å². The summed E-state index contributed by atoms with van der Waals surface area (Å²) in [4.78, 5) is 13.3. The van der Waals surface area contributed by atoms with E-state index in [1.54, 1.807) is 42.1 Å². The first-order chi connectivity index (χ1) is 10.0. The van der Waals surface area contributed by atoms with Crippen molar-refractivity contribution < 1.29 is 9.53 Å². The number of nitrogens with one attached hydrogen (secondary N) is 1. The maximum absolute atomic E-state index is 12.3. The van der Waals surface area contributed by atoms with Gasteiger partial charge in [-0.25, -0.2) is 0 Å². The standard InChI is InChI=1S/C15H15ClN2O2S/c1-20-14-7-9(3-6-13(14)17)18-15(19)11-8-10(21-2)4-5-12(11)16/h3-8H,17H2,1-2H3,(H,18,19). The third kappa shape index (κ3) is 3.62. The van der Waals surface area contributed by atoms with Crippen molar-refractivity contribution in [2.75, 3.05) is 24.4 Å². The van der Waals surface area contributed by atoms with Gasteiger partial charge in [-0.15, -0.1) is 11.8 Å². The Bertz CT molecular complexity index is 677. The lowest BCUT2D eigenvalue weighted by Crippen LogP contribution is -2.12. The summed E-state index contributed by atoms with van der Waals surface area (Å²) in [5.41, 5.74) is 7.28. The zero-order valence-corrected chi connectivity index (χ0v) is 13.2. The highest BCUT2D eigenvalue weighted by atomic mass is 35.5. The minimum atomic E-state index is -0.275. The van der Waals surface area contributed by atoms with E-state index in [0.717, 1.165) is 4.90 Å². The molecule has 2 aromatic carbocycles. The van der Waals surface area contributed by atoms with Gasteiger partial charge in [0, 0.05) is 16.6 Å². The smallest absolute Gasteiger partial charge is 0.257 e. The molecule has 2 aromatic rings. The second-order valence-electron chi connectivity index (χ2n) is 4.26. The van der Waals surface area contributed by atoms with Gasteiger partial charge in [0.2, 0.25) is 0 Å². The quantitative estimate of drug-likeness (QED) is 0.662. The van der Waals surface area contributed by atoms with Crippen LogP contribution in [0.4, 0.5) is 11.4 Å². The summed E-state index contributed by atoms with van der Waals surface area (Å²) < 4.78 is 5.13. The van der Waals surface area contributed by atoms with Crippen molar-refractivity contribution >= 4 is 40.6 Å². The molecule has 0 aliphatic carbocycles. The zero-order valence-electron chi connectivity index (χ0n) is 11.6. The first-order valence-electron chi connectivity index (χ1n) is 6.13. The van der Waals surface area contributed by atoms with Gasteiger partial charge in [-0.05, 0) is 36.6 Å². The van der Waals surface area contributed by atoms with Gasteiger partial charge >= 0.3 is 0 Å². The van der Waals surface area contributed by atoms with Crippen LogP contribution in [0.5, 0.6) is 5.75 Å². The molecule has 110 valence electrons. The first kappa shape index (κ1) is 15.5. The van der Waals surface area contributed by atoms with Crippen molar-refractivity contribution in [1.82, 2.24) is 0 Å². The number of anilines is 2. The topological polar surface area (TPSA) is 64.3 Å². The molecule has 0 saturated heterocycles. The van der Waals surface area contributed by atoms with E-state index in [4.69, 9.17) is 22.1 Å². The lowest BCUT2D eigenvalue weighted by molar-refractivity contribution is 0.102. The molecule has 0 aliphatic rings. The second-order valence-corrected chi connectivity index (χ2v) is 5.54. The molecule has 0 spiro atoms. The normalized spacial score (nSPS) is 10.2. The third-order valence-corrected chi connectivity index (χ3v) is 3.96. The Morgan fingerprint density at radius 1 is 1.29 bits per heavy atom. The van der Waals surface area contributed by atoms with Crippen LogP contribution >= 0.6 is 23.4 Å². The fourth-order valence-corrected chi connectivity index (χ4v) is 2.44. The highest BCUT2D eigenvalue weighted by Crippen LogP contribution is 2.27. The summed E-state index contributed by atoms with van der Waals surface area (Å²) in [6.45, 7) is 0. The van der Waals surface area contributed by atoms with Crippen molar-refractivity contribution in [2.24, 2.45) is 0 Å². The zero-order chi connectivity index (χ0) is 15.4. The largest absolute Gasteiger partial charge is 0.495 e. The van der Waals surface area contributed by atoms with Crippen molar-refractivity contribution in [2.45, 2.75) is 4.90 Å². The lowest BCUT2D eigenvalue weighted by Gasteiger charge is -2.10. The van der Waals surface area contributed by atoms with Crippen LogP contribution in [0.3, 0.4) is 0 Å². The van der Waals surface area contributed by atoms with Crippen molar-refractivity contribution in [3.8, 4) is 5.75 Å². The van der Waals surface area contributed by atoms with Gasteiger partial charge in [0.1, 0.15) is 5.75 Å². The minimum absolute atomic E-state index is 0.275. The lowest BCUT2D eigenvalue weighted by atomic mass is 10.2. The maximum Gasteiger partial charge on any atom is 0.257 e. The molecule has 3 N–H and O–H groups in total. The Balaban J connectivity index is 2.25. The summed E-state index contributed by atoms with van der Waals surface area (Å²) >= 11 is 7.63. The summed E-state index contributed by atoms with van der Waals surface area (Å²) in [7, 11) is 1.52. The fourth-order valence-electron chi connectivity index (χ4n) is 1.79. The van der Waals surface area contributed by atoms with E-state index in [1.807, 2.05) is 12.3 Å². The average molecular weight is 323 g/mol. The predicted octanol–water partition coefficient (Wildman–Crippen LogP) is 3.91. The molecule has 0 unspecified atom stereocenters. The molecule has 0 saturated carbocycles. The molecule has 4 nitrogen and oxygen atoms in total. The molecule has 1 amide bonds. The predicted molar refractivity (Wildman–Crippen MR) is 88.6 cm³/mol. The highest BCUT2D eigenvalue weighted by Gasteiger charge is 2.12. The van der Waals surface area contributed by atoms with Crippen molar-refractivity contribution in [1.29, 1.82) is 0 Å². The van der Waals surface area contributed by atoms with Gasteiger partial charge in [0.05, 0.1) is 23.4 Å². The molecular weight excluding hydrogens is 308 g/mol. The number of halogens is 1. The van der Waals surface area contributed by atoms with Crippen molar-refractivity contribution in [3.05, 3.63) is 47.0 Å². The van der Waals surface area contributed by atoms with E-state index >= 15 is 0 Å². The van der Waals surface area contributed by atoms with E-state index < -0.39 is 0 Å². The molecule has 0 aliphatic heterocycles. The van der Waals surface area contributed by atoms with Crippen LogP contribution in [0, 0.1) is 0 Å². The number of ether oxygens (including phenoxy) is 1. The Kier molecular flexibility index (Phi) is 4.98. The number of nitrogens with two attached hydrogens (primary N) is 1. The monoisotopic (exact) mass is 322 g/mol. The molecule has 2 rings (SSSR count). The van der Waals surface area contributed by atoms with E-state index in [-0.39, 0.29) is 5.91 Å². The molecule has 0 bridgehead atoms. The average Bonchev–Trinajstić information content (AvgIpc) is 2.49. The fraction of sp³-hybridized carbons (Fsp3) is 0.133. The summed E-state index contributed by atoms with van der Waals surface area (Å²) in [6.07, 6.45) is 1.94. The van der Waals surface area contributed by atoms with E-state index in [0.29, 0.717) is 27.7 Å². The molecular formula is C15H15ClN2O2S. The van der Waals surface area contributed by atoms with E-state index in [2.05, 4.69) is 5.32 Å². The van der Waals surface area contributed by atoms with Crippen LogP contribution in [-0.2, 0) is 0 Å². The SMILES string of the molecule is COc1cc(NC(=O)c2cc(SC)ccc2Cl)ccc1N. The van der Waals surface area contributed by atoms with Crippen LogP contribution in [-0.4, -0.2) is 19.3 Å². The van der Waals surface area contributed by atoms with E-state index in [9.17, 15) is 4.79 Å². The van der Waals surface area contributed by atoms with Crippen LogP contribution in [0.2, 0.25) is 5.02 Å². The van der Waals surface area contributed by atoms with Gasteiger partial charge in [-0.3, -0.25) is 4.79 Å². The molecule has 21 heavy (non-hydrogen) atoms. The number of methoxy groups -OCH3 is 1. The summed E-state index contributed by atoms with van der Waals surface area (Å²) in [5, 5.41) is 3.19. The van der Waals surface area contributed by atoms with Crippen LogP contribution < -0.4 is 15.8 Å². The Morgan fingerprint density at radius 2 is 2.05 bits per heavy atom. The first-order valence-corrected chi connectivity index (χ1v) is 7.74. The molecule has 0 aromatic heterocycles. The van der Waals surface area contributed by atoms with Gasteiger partial charge in [0.15, 0.2) is 0 Å². The van der Waals surface area contributed by atoms with Gasteiger partial charge in [0.25, 0.3) is 5.91 Å². The van der Waals surface area contributed by atoms with E-state index in [1.165, 1.54) is 7.11 Å². The Morgan fingerprint density at radius 3 is 2.71 bits per heavy atom. The highest BCUT2D eigenvalue weighted by molar-refractivity contribution is 7.98. The Labute approximate surface area is 132 Å². The Hall–Kier alpha value is -1.85. The second kappa shape index (κ2) is 6.74. The molecule has 0 heterocycles. The number of nitrogen functional groups attached to an aromatic ring is 1. The van der Waals surface area contributed by atoms with Crippen LogP contribution in [0.25, 0.3) is 0 Å². The number of rotatable bonds is 4. The van der Waals surface area contributed by atoms with Gasteiger partial charge < -0.3 is 15.8 Å². The number of thioether (sulfide) groups is 1. The molecule has 0 radical (unpaired) electrons. The summed E-state index contributed by atoms with van der Waals surface area (Å²) in [5.74, 6) is 0.236. The maximum atomic E-state index is 12.3. The number of benzene rings is 2. The van der Waals surface area contributed by atoms with Crippen LogP contribution in [0.15, 0.2) is 41.3 Å². The van der Waals surface area contributed by atoms with Gasteiger partial charge in [-0.1, -0.05) is 11.6 Å². The van der Waals surface area contributed by atoms with Gasteiger partial charge in [-0.2, -0.15) is 0 Å². The number of hydrogen-bond acceptors (Lipinski definition) is 4. The number of carbonyl (C=O) groups is 1. The summed E-state index contributed by atoms with van der Waals surface area (Å²) in [6, 6.07) is 10.4. The molecule has 0 fully saturated rings. The molecule has 0 atom stereocenters. The molecule has 6 heteroatoms. The third-order valence-electron chi connectivity index (χ3n) is 2.91. The number of amides is 1. The minimum Gasteiger partial charge on any atom is -0.495 e. The number of hydrogen-bond donors (Lipinski definition) is 2. The number of carbonyl (C=O) groups excluding carboxylic acids is 1.